The Labute approximate surface area is 169 Å². The highest BCUT2D eigenvalue weighted by atomic mass is 15.2. The molecule has 3 heterocycles. The van der Waals surface area contributed by atoms with E-state index in [0.717, 1.165) is 46.3 Å². The lowest BCUT2D eigenvalue weighted by Gasteiger charge is -2.25. The molecule has 3 aliphatic rings. The zero-order valence-electron chi connectivity index (χ0n) is 15.9. The fraction of sp³-hybridized carbons (Fsp3) is 0.120. The lowest BCUT2D eigenvalue weighted by molar-refractivity contribution is 0.728. The number of hydrogen-bond donors (Lipinski definition) is 1. The molecule has 1 atom stereocenters. The molecule has 0 amide bonds. The van der Waals surface area contributed by atoms with Gasteiger partial charge in [-0.15, -0.1) is 0 Å². The van der Waals surface area contributed by atoms with Crippen LogP contribution < -0.4 is 20.8 Å². The van der Waals surface area contributed by atoms with E-state index in [9.17, 15) is 0 Å². The first-order chi connectivity index (χ1) is 14.4. The fourth-order valence-corrected chi connectivity index (χ4v) is 4.39. The van der Waals surface area contributed by atoms with Gasteiger partial charge >= 0.3 is 0 Å². The van der Waals surface area contributed by atoms with Crippen molar-refractivity contribution in [2.45, 2.75) is 12.3 Å². The normalized spacial score (nSPS) is 18.5. The average molecular weight is 376 g/mol. The van der Waals surface area contributed by atoms with Gasteiger partial charge in [0.05, 0.1) is 16.7 Å². The van der Waals surface area contributed by atoms with Crippen LogP contribution in [-0.2, 0) is 0 Å². The Kier molecular flexibility index (Phi) is 3.63. The molecule has 0 aromatic heterocycles. The molecule has 3 aromatic rings. The Morgan fingerprint density at radius 1 is 0.931 bits per heavy atom. The van der Waals surface area contributed by atoms with Gasteiger partial charge in [0.1, 0.15) is 0 Å². The molecule has 1 unspecified atom stereocenters. The number of hydrogen-bond acceptors (Lipinski definition) is 4. The van der Waals surface area contributed by atoms with Crippen LogP contribution in [0.1, 0.15) is 23.5 Å². The van der Waals surface area contributed by atoms with Crippen LogP contribution in [0.15, 0.2) is 94.3 Å². The summed E-state index contributed by atoms with van der Waals surface area (Å²) in [6.07, 6.45) is 5.02. The van der Waals surface area contributed by atoms with Crippen LogP contribution in [0.3, 0.4) is 0 Å². The second kappa shape index (κ2) is 6.45. The highest BCUT2D eigenvalue weighted by Crippen LogP contribution is 2.38. The Morgan fingerprint density at radius 3 is 2.76 bits per heavy atom. The summed E-state index contributed by atoms with van der Waals surface area (Å²) in [7, 11) is 0. The van der Waals surface area contributed by atoms with Gasteiger partial charge in [-0.1, -0.05) is 54.6 Å². The predicted molar refractivity (Wildman–Crippen MR) is 118 cm³/mol. The number of para-hydroxylation sites is 3. The van der Waals surface area contributed by atoms with Gasteiger partial charge in [-0.25, -0.2) is 4.99 Å². The molecule has 0 bridgehead atoms. The molecule has 0 saturated carbocycles. The van der Waals surface area contributed by atoms with E-state index < -0.39 is 0 Å². The maximum Gasteiger partial charge on any atom is 0.159 e. The first kappa shape index (κ1) is 16.3. The van der Waals surface area contributed by atoms with Crippen molar-refractivity contribution in [3.05, 3.63) is 106 Å². The molecule has 6 rings (SSSR count). The molecule has 3 aromatic carbocycles. The van der Waals surface area contributed by atoms with E-state index in [0.29, 0.717) is 5.92 Å². The molecule has 140 valence electrons. The van der Waals surface area contributed by atoms with Crippen molar-refractivity contribution in [3.8, 4) is 0 Å². The molecular weight excluding hydrogens is 356 g/mol. The van der Waals surface area contributed by atoms with Gasteiger partial charge in [0.25, 0.3) is 0 Å². The largest absolute Gasteiger partial charge is 0.384 e. The molecule has 0 fully saturated rings. The summed E-state index contributed by atoms with van der Waals surface area (Å²) in [6, 6.07) is 25.2. The minimum atomic E-state index is 0.390. The Morgan fingerprint density at radius 2 is 1.76 bits per heavy atom. The molecule has 29 heavy (non-hydrogen) atoms. The van der Waals surface area contributed by atoms with Gasteiger partial charge < -0.3 is 5.32 Å². The Balaban J connectivity index is 1.52. The molecule has 4 heteroatoms. The third-order valence-corrected chi connectivity index (χ3v) is 5.85. The van der Waals surface area contributed by atoms with Crippen molar-refractivity contribution in [2.24, 2.45) is 9.98 Å². The van der Waals surface area contributed by atoms with E-state index in [4.69, 9.17) is 9.98 Å². The van der Waals surface area contributed by atoms with Crippen molar-refractivity contribution in [2.75, 3.05) is 16.8 Å². The maximum absolute atomic E-state index is 5.05. The number of fused-ring (bicyclic) bond motifs is 5. The van der Waals surface area contributed by atoms with E-state index in [1.165, 1.54) is 11.3 Å². The Hall–Kier alpha value is -3.66. The molecule has 0 spiro atoms. The van der Waals surface area contributed by atoms with Crippen molar-refractivity contribution < 1.29 is 0 Å². The molecule has 4 nitrogen and oxygen atoms in total. The lowest BCUT2D eigenvalue weighted by Crippen LogP contribution is -2.35. The highest BCUT2D eigenvalue weighted by Gasteiger charge is 2.27. The van der Waals surface area contributed by atoms with E-state index in [2.05, 4.69) is 83.1 Å². The summed E-state index contributed by atoms with van der Waals surface area (Å²) < 4.78 is 0. The van der Waals surface area contributed by atoms with E-state index in [1.54, 1.807) is 0 Å². The zero-order valence-corrected chi connectivity index (χ0v) is 15.9. The third-order valence-electron chi connectivity index (χ3n) is 5.85. The van der Waals surface area contributed by atoms with E-state index in [-0.39, 0.29) is 0 Å². The number of nitrogens with one attached hydrogen (secondary N) is 1. The maximum atomic E-state index is 5.05. The van der Waals surface area contributed by atoms with Gasteiger partial charge in [0.2, 0.25) is 0 Å². The predicted octanol–water partition coefficient (Wildman–Crippen LogP) is 3.77. The van der Waals surface area contributed by atoms with Crippen molar-refractivity contribution in [3.63, 3.8) is 0 Å². The smallest absolute Gasteiger partial charge is 0.159 e. The summed E-state index contributed by atoms with van der Waals surface area (Å²) in [4.78, 5) is 12.2. The number of anilines is 2. The summed E-state index contributed by atoms with van der Waals surface area (Å²) in [6.45, 7) is 0.929. The van der Waals surface area contributed by atoms with Gasteiger partial charge in [0.15, 0.2) is 5.82 Å². The van der Waals surface area contributed by atoms with E-state index >= 15 is 0 Å². The molecular formula is C25H20N4. The average Bonchev–Trinajstić information content (AvgIpc) is 3.12. The minimum absolute atomic E-state index is 0.390. The number of rotatable bonds is 2. The van der Waals surface area contributed by atoms with Crippen LogP contribution in [0.2, 0.25) is 0 Å². The Bertz CT molecular complexity index is 1300. The summed E-state index contributed by atoms with van der Waals surface area (Å²) in [5, 5.41) is 5.65. The minimum Gasteiger partial charge on any atom is -0.384 e. The summed E-state index contributed by atoms with van der Waals surface area (Å²) in [5.74, 6) is 1.32. The van der Waals surface area contributed by atoms with Crippen LogP contribution in [0, 0.1) is 0 Å². The fourth-order valence-electron chi connectivity index (χ4n) is 4.39. The monoisotopic (exact) mass is 376 g/mol. The topological polar surface area (TPSA) is 40.0 Å². The quantitative estimate of drug-likeness (QED) is 0.740. The van der Waals surface area contributed by atoms with E-state index in [1.807, 2.05) is 12.3 Å². The first-order valence-electron chi connectivity index (χ1n) is 10.0. The number of nitrogens with zero attached hydrogens (tertiary/aromatic N) is 3. The van der Waals surface area contributed by atoms with Gasteiger partial charge in [0, 0.05) is 47.8 Å². The second-order valence-corrected chi connectivity index (χ2v) is 7.63. The van der Waals surface area contributed by atoms with Gasteiger partial charge in [-0.2, -0.15) is 0 Å². The van der Waals surface area contributed by atoms with Gasteiger partial charge in [-0.3, -0.25) is 9.89 Å². The van der Waals surface area contributed by atoms with Crippen molar-refractivity contribution >= 4 is 23.8 Å². The van der Waals surface area contributed by atoms with Crippen LogP contribution >= 0.6 is 0 Å². The molecule has 0 radical (unpaired) electrons. The van der Waals surface area contributed by atoms with Crippen LogP contribution in [-0.4, -0.2) is 12.8 Å². The number of aliphatic imine (C=N–C) groups is 1. The number of allylic oxidation sites excluding steroid dienone is 1. The van der Waals surface area contributed by atoms with Crippen molar-refractivity contribution in [1.29, 1.82) is 0 Å². The summed E-state index contributed by atoms with van der Waals surface area (Å²) >= 11 is 0. The molecule has 3 aliphatic heterocycles. The summed E-state index contributed by atoms with van der Waals surface area (Å²) in [5.41, 5.74) is 5.85. The van der Waals surface area contributed by atoms with Crippen molar-refractivity contribution in [1.82, 2.24) is 0 Å². The number of benzene rings is 3. The van der Waals surface area contributed by atoms with Crippen LogP contribution in [0.4, 0.5) is 11.4 Å². The van der Waals surface area contributed by atoms with Crippen LogP contribution in [0.25, 0.3) is 6.20 Å². The lowest BCUT2D eigenvalue weighted by atomic mass is 9.96. The van der Waals surface area contributed by atoms with Gasteiger partial charge in [-0.05, 0) is 23.8 Å². The molecule has 1 N–H and O–H groups in total. The second-order valence-electron chi connectivity index (χ2n) is 7.63. The third kappa shape index (κ3) is 2.68. The molecule has 0 saturated heterocycles. The van der Waals surface area contributed by atoms with Crippen LogP contribution in [0.5, 0.6) is 0 Å². The SMILES string of the molecule is C1=NC(CC2CNc3ccccc32)=C2N=c3ccccc3=CN2c2ccccc21. The molecule has 0 aliphatic carbocycles. The standard InChI is InChI=1S/C25H20N4/c1-4-10-21-18(8-1)16-29-24-12-6-2-7-17(24)14-27-23(25(29)28-21)13-19-15-26-22-11-5-3-9-20(19)22/h1-12,14,16,19,26H,13,15H2. The first-order valence-corrected chi connectivity index (χ1v) is 10.0. The zero-order chi connectivity index (χ0) is 19.2. The highest BCUT2D eigenvalue weighted by molar-refractivity contribution is 5.92.